The van der Waals surface area contributed by atoms with Crippen molar-refractivity contribution in [3.8, 4) is 0 Å². The van der Waals surface area contributed by atoms with Crippen molar-refractivity contribution >= 4 is 11.6 Å². The van der Waals surface area contributed by atoms with Gasteiger partial charge in [0.05, 0.1) is 24.8 Å². The van der Waals surface area contributed by atoms with Crippen LogP contribution in [-0.2, 0) is 11.3 Å². The van der Waals surface area contributed by atoms with Crippen LogP contribution in [0.15, 0.2) is 18.2 Å². The SMILES string of the molecule is OCCN(CCN1CCOCC1)Cc1cccc(F)c1Cl. The fraction of sp³-hybridized carbons (Fsp3) is 0.600. The molecule has 0 unspecified atom stereocenters. The van der Waals surface area contributed by atoms with Crippen molar-refractivity contribution in [3.63, 3.8) is 0 Å². The smallest absolute Gasteiger partial charge is 0.142 e. The zero-order valence-corrected chi connectivity index (χ0v) is 12.9. The Hall–Kier alpha value is -0.720. The molecule has 0 spiro atoms. The van der Waals surface area contributed by atoms with Gasteiger partial charge in [0.1, 0.15) is 5.82 Å². The molecular formula is C15H22ClFN2O2. The third-order valence-electron chi connectivity index (χ3n) is 3.68. The van der Waals surface area contributed by atoms with Gasteiger partial charge in [0.15, 0.2) is 0 Å². The Labute approximate surface area is 130 Å². The van der Waals surface area contributed by atoms with Crippen molar-refractivity contribution in [1.29, 1.82) is 0 Å². The average molecular weight is 317 g/mol. The Morgan fingerprint density at radius 2 is 2.05 bits per heavy atom. The van der Waals surface area contributed by atoms with E-state index in [1.54, 1.807) is 6.07 Å². The number of halogens is 2. The van der Waals surface area contributed by atoms with E-state index in [1.807, 2.05) is 6.07 Å². The molecule has 6 heteroatoms. The molecule has 21 heavy (non-hydrogen) atoms. The fourth-order valence-electron chi connectivity index (χ4n) is 2.43. The van der Waals surface area contributed by atoms with E-state index in [2.05, 4.69) is 9.80 Å². The van der Waals surface area contributed by atoms with Gasteiger partial charge in [-0.15, -0.1) is 0 Å². The predicted molar refractivity (Wildman–Crippen MR) is 81.0 cm³/mol. The first-order chi connectivity index (χ1) is 10.2. The van der Waals surface area contributed by atoms with Gasteiger partial charge in [0.25, 0.3) is 0 Å². The van der Waals surface area contributed by atoms with E-state index < -0.39 is 5.82 Å². The molecule has 1 aromatic carbocycles. The van der Waals surface area contributed by atoms with Gasteiger partial charge in [-0.1, -0.05) is 23.7 Å². The lowest BCUT2D eigenvalue weighted by atomic mass is 10.2. The van der Waals surface area contributed by atoms with Crippen molar-refractivity contribution in [1.82, 2.24) is 9.80 Å². The number of aliphatic hydroxyl groups is 1. The van der Waals surface area contributed by atoms with Gasteiger partial charge in [-0.3, -0.25) is 9.80 Å². The van der Waals surface area contributed by atoms with E-state index in [4.69, 9.17) is 16.3 Å². The molecule has 1 fully saturated rings. The summed E-state index contributed by atoms with van der Waals surface area (Å²) in [7, 11) is 0. The van der Waals surface area contributed by atoms with Crippen LogP contribution in [0.3, 0.4) is 0 Å². The van der Waals surface area contributed by atoms with Crippen LogP contribution < -0.4 is 0 Å². The second kappa shape index (κ2) is 8.66. The Bertz CT molecular complexity index is 442. The number of hydrogen-bond donors (Lipinski definition) is 1. The second-order valence-corrected chi connectivity index (χ2v) is 5.54. The molecule has 1 aliphatic heterocycles. The van der Waals surface area contributed by atoms with Crippen molar-refractivity contribution in [2.24, 2.45) is 0 Å². The first kappa shape index (κ1) is 16.6. The lowest BCUT2D eigenvalue weighted by Crippen LogP contribution is -2.41. The van der Waals surface area contributed by atoms with Gasteiger partial charge in [0.2, 0.25) is 0 Å². The van der Waals surface area contributed by atoms with Crippen LogP contribution >= 0.6 is 11.6 Å². The highest BCUT2D eigenvalue weighted by atomic mass is 35.5. The molecular weight excluding hydrogens is 295 g/mol. The monoisotopic (exact) mass is 316 g/mol. The maximum Gasteiger partial charge on any atom is 0.142 e. The molecule has 4 nitrogen and oxygen atoms in total. The fourth-order valence-corrected chi connectivity index (χ4v) is 2.62. The number of morpholine rings is 1. The van der Waals surface area contributed by atoms with E-state index in [9.17, 15) is 9.50 Å². The van der Waals surface area contributed by atoms with Gasteiger partial charge < -0.3 is 9.84 Å². The molecule has 0 aliphatic carbocycles. The third kappa shape index (κ3) is 5.20. The molecule has 0 atom stereocenters. The standard InChI is InChI=1S/C15H22ClFN2O2/c16-15-13(2-1-3-14(15)17)12-19(6-9-20)5-4-18-7-10-21-11-8-18/h1-3,20H,4-12H2. The summed E-state index contributed by atoms with van der Waals surface area (Å²) in [6.07, 6.45) is 0. The minimum atomic E-state index is -0.397. The number of nitrogens with zero attached hydrogens (tertiary/aromatic N) is 2. The molecule has 0 saturated carbocycles. The Morgan fingerprint density at radius 1 is 1.29 bits per heavy atom. The van der Waals surface area contributed by atoms with Crippen LogP contribution in [0.1, 0.15) is 5.56 Å². The lowest BCUT2D eigenvalue weighted by Gasteiger charge is -2.30. The zero-order valence-electron chi connectivity index (χ0n) is 12.1. The Morgan fingerprint density at radius 3 is 2.76 bits per heavy atom. The highest BCUT2D eigenvalue weighted by Gasteiger charge is 2.14. The van der Waals surface area contributed by atoms with Crippen LogP contribution in [0.4, 0.5) is 4.39 Å². The lowest BCUT2D eigenvalue weighted by molar-refractivity contribution is 0.0320. The Balaban J connectivity index is 1.90. The molecule has 118 valence electrons. The normalized spacial score (nSPS) is 16.6. The first-order valence-corrected chi connectivity index (χ1v) is 7.64. The summed E-state index contributed by atoms with van der Waals surface area (Å²) in [5.74, 6) is -0.397. The van der Waals surface area contributed by atoms with Crippen molar-refractivity contribution in [2.75, 3.05) is 52.5 Å². The minimum absolute atomic E-state index is 0.0794. The summed E-state index contributed by atoms with van der Waals surface area (Å²) < 4.78 is 18.8. The van der Waals surface area contributed by atoms with Crippen LogP contribution in [-0.4, -0.2) is 67.5 Å². The molecule has 1 heterocycles. The third-order valence-corrected chi connectivity index (χ3v) is 4.10. The topological polar surface area (TPSA) is 35.9 Å². The molecule has 1 aliphatic rings. The zero-order chi connectivity index (χ0) is 15.1. The summed E-state index contributed by atoms with van der Waals surface area (Å²) in [6, 6.07) is 4.84. The summed E-state index contributed by atoms with van der Waals surface area (Å²) in [5, 5.41) is 9.37. The summed E-state index contributed by atoms with van der Waals surface area (Å²) in [6.45, 7) is 6.32. The number of hydrogen-bond acceptors (Lipinski definition) is 4. The van der Waals surface area contributed by atoms with Crippen LogP contribution in [0, 0.1) is 5.82 Å². The highest BCUT2D eigenvalue weighted by molar-refractivity contribution is 6.31. The minimum Gasteiger partial charge on any atom is -0.395 e. The summed E-state index contributed by atoms with van der Waals surface area (Å²) in [4.78, 5) is 4.43. The van der Waals surface area contributed by atoms with Crippen molar-refractivity contribution < 1.29 is 14.2 Å². The first-order valence-electron chi connectivity index (χ1n) is 7.27. The summed E-state index contributed by atoms with van der Waals surface area (Å²) >= 11 is 6.00. The maximum atomic E-state index is 13.5. The van der Waals surface area contributed by atoms with Crippen LogP contribution in [0.2, 0.25) is 5.02 Å². The molecule has 1 aromatic rings. The average Bonchev–Trinajstić information content (AvgIpc) is 2.50. The number of benzene rings is 1. The molecule has 1 N–H and O–H groups in total. The van der Waals surface area contributed by atoms with E-state index in [0.717, 1.165) is 45.0 Å². The molecule has 0 radical (unpaired) electrons. The van der Waals surface area contributed by atoms with Crippen molar-refractivity contribution in [2.45, 2.75) is 6.54 Å². The van der Waals surface area contributed by atoms with Crippen molar-refractivity contribution in [3.05, 3.63) is 34.6 Å². The predicted octanol–water partition coefficient (Wildman–Crippen LogP) is 1.61. The van der Waals surface area contributed by atoms with Crippen LogP contribution in [0.25, 0.3) is 0 Å². The van der Waals surface area contributed by atoms with E-state index in [1.165, 1.54) is 6.07 Å². The van der Waals surface area contributed by atoms with E-state index in [0.29, 0.717) is 13.1 Å². The van der Waals surface area contributed by atoms with E-state index >= 15 is 0 Å². The van der Waals surface area contributed by atoms with Gasteiger partial charge in [0, 0.05) is 39.3 Å². The highest BCUT2D eigenvalue weighted by Crippen LogP contribution is 2.21. The largest absolute Gasteiger partial charge is 0.395 e. The Kier molecular flexibility index (Phi) is 6.86. The molecule has 1 saturated heterocycles. The molecule has 0 bridgehead atoms. The van der Waals surface area contributed by atoms with Gasteiger partial charge in [-0.05, 0) is 11.6 Å². The maximum absolute atomic E-state index is 13.5. The van der Waals surface area contributed by atoms with Gasteiger partial charge in [-0.25, -0.2) is 4.39 Å². The second-order valence-electron chi connectivity index (χ2n) is 5.17. The number of ether oxygens (including phenoxy) is 1. The summed E-state index contributed by atoms with van der Waals surface area (Å²) in [5.41, 5.74) is 0.757. The van der Waals surface area contributed by atoms with Gasteiger partial charge >= 0.3 is 0 Å². The van der Waals surface area contributed by atoms with E-state index in [-0.39, 0.29) is 11.6 Å². The molecule has 2 rings (SSSR count). The van der Waals surface area contributed by atoms with Gasteiger partial charge in [-0.2, -0.15) is 0 Å². The number of aliphatic hydroxyl groups excluding tert-OH is 1. The van der Waals surface area contributed by atoms with Crippen LogP contribution in [0.5, 0.6) is 0 Å². The number of rotatable bonds is 7. The molecule has 0 amide bonds. The quantitative estimate of drug-likeness (QED) is 0.829. The molecule has 0 aromatic heterocycles.